The lowest BCUT2D eigenvalue weighted by Gasteiger charge is -2.29. The summed E-state index contributed by atoms with van der Waals surface area (Å²) < 4.78 is 30.9. The molecule has 1 fully saturated rings. The molecule has 0 atom stereocenters. The van der Waals surface area contributed by atoms with Crippen molar-refractivity contribution < 1.29 is 17.7 Å². The van der Waals surface area contributed by atoms with Crippen molar-refractivity contribution in [3.8, 4) is 0 Å². The van der Waals surface area contributed by atoms with E-state index in [1.807, 2.05) is 0 Å². The van der Waals surface area contributed by atoms with Gasteiger partial charge in [0.25, 0.3) is 0 Å². The molecule has 0 unspecified atom stereocenters. The third-order valence-electron chi connectivity index (χ3n) is 3.46. The fraction of sp³-hybridized carbons (Fsp3) is 0.667. The maximum atomic E-state index is 12.5. The van der Waals surface area contributed by atoms with Gasteiger partial charge in [0, 0.05) is 33.2 Å². The molecular formula is C12H21ClN4O4S. The predicted molar refractivity (Wildman–Crippen MR) is 82.5 cm³/mol. The van der Waals surface area contributed by atoms with E-state index in [4.69, 9.17) is 4.52 Å². The second-order valence-electron chi connectivity index (χ2n) is 5.05. The van der Waals surface area contributed by atoms with Crippen LogP contribution in [0.25, 0.3) is 0 Å². The van der Waals surface area contributed by atoms with Gasteiger partial charge in [-0.3, -0.25) is 4.79 Å². The molecule has 1 aliphatic heterocycles. The Bertz CT molecular complexity index is 606. The van der Waals surface area contributed by atoms with Crippen LogP contribution in [0.5, 0.6) is 0 Å². The zero-order valence-electron chi connectivity index (χ0n) is 12.8. The van der Waals surface area contributed by atoms with E-state index in [-0.39, 0.29) is 35.5 Å². The van der Waals surface area contributed by atoms with Gasteiger partial charge in [0.05, 0.1) is 6.54 Å². The molecule has 0 saturated carbocycles. The number of rotatable bonds is 4. The van der Waals surface area contributed by atoms with Crippen molar-refractivity contribution in [1.82, 2.24) is 19.7 Å². The summed E-state index contributed by atoms with van der Waals surface area (Å²) >= 11 is 0. The van der Waals surface area contributed by atoms with Crippen molar-refractivity contribution in [2.24, 2.45) is 0 Å². The lowest BCUT2D eigenvalue weighted by atomic mass is 10.3. The number of halogens is 1. The number of nitrogens with zero attached hydrogens (tertiary/aromatic N) is 3. The Morgan fingerprint density at radius 1 is 1.36 bits per heavy atom. The van der Waals surface area contributed by atoms with Crippen LogP contribution < -0.4 is 5.32 Å². The molecular weight excluding hydrogens is 332 g/mol. The quantitative estimate of drug-likeness (QED) is 0.804. The number of aryl methyl sites for hydroxylation is 2. The molecule has 1 saturated heterocycles. The number of carbonyl (C=O) groups is 1. The fourth-order valence-electron chi connectivity index (χ4n) is 2.29. The van der Waals surface area contributed by atoms with Gasteiger partial charge in [0.15, 0.2) is 5.76 Å². The highest BCUT2D eigenvalue weighted by Gasteiger charge is 2.30. The molecule has 126 valence electrons. The van der Waals surface area contributed by atoms with Gasteiger partial charge in [-0.15, -0.1) is 12.4 Å². The summed E-state index contributed by atoms with van der Waals surface area (Å²) in [4.78, 5) is 13.9. The summed E-state index contributed by atoms with van der Waals surface area (Å²) in [5, 5.41) is 6.79. The lowest BCUT2D eigenvalue weighted by molar-refractivity contribution is -0.131. The van der Waals surface area contributed by atoms with Crippen LogP contribution in [0.2, 0.25) is 0 Å². The van der Waals surface area contributed by atoms with E-state index in [1.165, 1.54) is 7.05 Å². The Kier molecular flexibility index (Phi) is 6.36. The molecule has 2 heterocycles. The van der Waals surface area contributed by atoms with Crippen LogP contribution in [-0.4, -0.2) is 68.5 Å². The molecule has 0 radical (unpaired) electrons. The molecule has 1 aliphatic rings. The number of nitrogens with one attached hydrogen (secondary N) is 1. The number of likely N-dealkylation sites (N-methyl/N-ethyl adjacent to an activating group) is 1. The van der Waals surface area contributed by atoms with E-state index in [2.05, 4.69) is 10.5 Å². The first kappa shape index (κ1) is 18.9. The number of aromatic nitrogens is 1. The van der Waals surface area contributed by atoms with Gasteiger partial charge in [-0.2, -0.15) is 4.31 Å². The van der Waals surface area contributed by atoms with Crippen LogP contribution in [0.4, 0.5) is 0 Å². The Morgan fingerprint density at radius 2 is 1.95 bits per heavy atom. The van der Waals surface area contributed by atoms with Crippen LogP contribution in [0.1, 0.15) is 11.5 Å². The Hall–Kier alpha value is -1.16. The summed E-state index contributed by atoms with van der Waals surface area (Å²) in [6.45, 7) is 5.56. The van der Waals surface area contributed by atoms with Crippen molar-refractivity contribution in [2.45, 2.75) is 18.7 Å². The average molecular weight is 353 g/mol. The maximum Gasteiger partial charge on any atom is 0.248 e. The third kappa shape index (κ3) is 3.78. The van der Waals surface area contributed by atoms with E-state index in [9.17, 15) is 13.2 Å². The van der Waals surface area contributed by atoms with E-state index >= 15 is 0 Å². The third-order valence-corrected chi connectivity index (χ3v) is 5.51. The molecule has 1 aromatic rings. The molecule has 2 rings (SSSR count). The summed E-state index contributed by atoms with van der Waals surface area (Å²) in [5.41, 5.74) is 0.300. The highest BCUT2D eigenvalue weighted by Crippen LogP contribution is 2.22. The van der Waals surface area contributed by atoms with Crippen molar-refractivity contribution in [1.29, 1.82) is 0 Å². The van der Waals surface area contributed by atoms with Crippen LogP contribution >= 0.6 is 12.4 Å². The van der Waals surface area contributed by atoms with E-state index in [0.29, 0.717) is 18.8 Å². The largest absolute Gasteiger partial charge is 0.360 e. The van der Waals surface area contributed by atoms with Crippen molar-refractivity contribution in [2.75, 3.05) is 39.8 Å². The Balaban J connectivity index is 0.00000242. The van der Waals surface area contributed by atoms with Gasteiger partial charge < -0.3 is 14.7 Å². The summed E-state index contributed by atoms with van der Waals surface area (Å²) in [5.74, 6) is 0.0308. The number of hydrogen-bond acceptors (Lipinski definition) is 6. The Labute approximate surface area is 136 Å². The minimum atomic E-state index is -3.78. The number of amides is 1. The standard InChI is InChI=1S/C12H20N4O4S.ClH/c1-9-12(10(2)20-14-9)21(18,19)15(3)8-11(17)16-6-4-13-5-7-16;/h13H,4-8H2,1-3H3;1H. The van der Waals surface area contributed by atoms with Crippen LogP contribution in [-0.2, 0) is 14.8 Å². The first-order valence-corrected chi connectivity index (χ1v) is 8.15. The van der Waals surface area contributed by atoms with Gasteiger partial charge in [-0.05, 0) is 13.8 Å². The highest BCUT2D eigenvalue weighted by atomic mass is 35.5. The normalized spacial score (nSPS) is 15.7. The molecule has 8 nitrogen and oxygen atoms in total. The van der Waals surface area contributed by atoms with E-state index in [1.54, 1.807) is 18.7 Å². The van der Waals surface area contributed by atoms with Gasteiger partial charge in [0.2, 0.25) is 15.9 Å². The first-order valence-electron chi connectivity index (χ1n) is 6.71. The fourth-order valence-corrected chi connectivity index (χ4v) is 3.69. The summed E-state index contributed by atoms with van der Waals surface area (Å²) in [6, 6.07) is 0. The van der Waals surface area contributed by atoms with Crippen LogP contribution in [0.3, 0.4) is 0 Å². The van der Waals surface area contributed by atoms with Gasteiger partial charge in [-0.25, -0.2) is 8.42 Å². The number of sulfonamides is 1. The molecule has 10 heteroatoms. The number of carbonyl (C=O) groups excluding carboxylic acids is 1. The zero-order valence-corrected chi connectivity index (χ0v) is 14.5. The summed E-state index contributed by atoms with van der Waals surface area (Å²) in [6.07, 6.45) is 0. The topological polar surface area (TPSA) is 95.8 Å². The van der Waals surface area contributed by atoms with Crippen molar-refractivity contribution in [3.63, 3.8) is 0 Å². The lowest BCUT2D eigenvalue weighted by Crippen LogP contribution is -2.49. The average Bonchev–Trinajstić information content (AvgIpc) is 2.79. The minimum absolute atomic E-state index is 0. The van der Waals surface area contributed by atoms with Gasteiger partial charge >= 0.3 is 0 Å². The molecule has 1 aromatic heterocycles. The highest BCUT2D eigenvalue weighted by molar-refractivity contribution is 7.89. The molecule has 0 aromatic carbocycles. The second-order valence-corrected chi connectivity index (χ2v) is 7.03. The smallest absolute Gasteiger partial charge is 0.248 e. The van der Waals surface area contributed by atoms with Crippen molar-refractivity contribution in [3.05, 3.63) is 11.5 Å². The van der Waals surface area contributed by atoms with E-state index in [0.717, 1.165) is 17.4 Å². The van der Waals surface area contributed by atoms with Crippen molar-refractivity contribution >= 4 is 28.3 Å². The SMILES string of the molecule is Cc1noc(C)c1S(=O)(=O)N(C)CC(=O)N1CCNCC1.Cl. The Morgan fingerprint density at radius 3 is 2.45 bits per heavy atom. The summed E-state index contributed by atoms with van der Waals surface area (Å²) in [7, 11) is -2.39. The molecule has 22 heavy (non-hydrogen) atoms. The second kappa shape index (κ2) is 7.40. The van der Waals surface area contributed by atoms with Crippen LogP contribution in [0.15, 0.2) is 9.42 Å². The number of hydrogen-bond donors (Lipinski definition) is 1. The minimum Gasteiger partial charge on any atom is -0.360 e. The molecule has 0 bridgehead atoms. The molecule has 1 amide bonds. The van der Waals surface area contributed by atoms with Crippen LogP contribution in [0, 0.1) is 13.8 Å². The predicted octanol–water partition coefficient (Wildman–Crippen LogP) is -0.234. The molecule has 1 N–H and O–H groups in total. The van der Waals surface area contributed by atoms with Gasteiger partial charge in [0.1, 0.15) is 10.6 Å². The zero-order chi connectivity index (χ0) is 15.6. The molecule has 0 aliphatic carbocycles. The van der Waals surface area contributed by atoms with Gasteiger partial charge in [-0.1, -0.05) is 5.16 Å². The first-order chi connectivity index (χ1) is 9.84. The van der Waals surface area contributed by atoms with E-state index < -0.39 is 10.0 Å². The maximum absolute atomic E-state index is 12.5. The number of piperazine rings is 1. The monoisotopic (exact) mass is 352 g/mol. The molecule has 0 spiro atoms.